The van der Waals surface area contributed by atoms with Crippen molar-refractivity contribution in [2.24, 2.45) is 0 Å². The number of aromatic nitrogens is 3. The van der Waals surface area contributed by atoms with Gasteiger partial charge in [0.1, 0.15) is 0 Å². The third kappa shape index (κ3) is 2.31. The first-order valence-electron chi connectivity index (χ1n) is 6.62. The molecule has 0 spiro atoms. The minimum atomic E-state index is -0.0411. The second-order valence-corrected chi connectivity index (χ2v) is 4.15. The lowest BCUT2D eigenvalue weighted by Crippen LogP contribution is -2.33. The molecule has 0 aromatic carbocycles. The minimum absolute atomic E-state index is 0.0411. The molecule has 0 unspecified atom stereocenters. The van der Waals surface area contributed by atoms with E-state index in [0.29, 0.717) is 11.7 Å². The molecule has 2 N–H and O–H groups in total. The van der Waals surface area contributed by atoms with E-state index in [9.17, 15) is 4.79 Å². The van der Waals surface area contributed by atoms with Gasteiger partial charge in [-0.25, -0.2) is 9.78 Å². The van der Waals surface area contributed by atoms with Gasteiger partial charge in [-0.05, 0) is 38.1 Å². The summed E-state index contributed by atoms with van der Waals surface area (Å²) in [5.74, 6) is 0. The van der Waals surface area contributed by atoms with Crippen molar-refractivity contribution in [1.82, 2.24) is 19.9 Å². The Morgan fingerprint density at radius 3 is 2.78 bits per heavy atom. The van der Waals surface area contributed by atoms with Crippen LogP contribution in [0.3, 0.4) is 0 Å². The smallest absolute Gasteiger partial charge is 0.317 e. The lowest BCUT2D eigenvalue weighted by Gasteiger charge is -2.23. The summed E-state index contributed by atoms with van der Waals surface area (Å²) in [5, 5.41) is 3.30. The Morgan fingerprint density at radius 2 is 2.06 bits per heavy atom. The predicted molar refractivity (Wildman–Crippen MR) is 72.8 cm³/mol. The maximum Gasteiger partial charge on any atom is 0.327 e. The SMILES string of the molecule is CC.O=c1[nH]c2ncccc2n1C1CCNCC1. The molecular formula is C13H20N4O. The molecule has 0 aliphatic carbocycles. The summed E-state index contributed by atoms with van der Waals surface area (Å²) in [6, 6.07) is 4.11. The average molecular weight is 248 g/mol. The number of nitrogens with zero attached hydrogens (tertiary/aromatic N) is 2. The van der Waals surface area contributed by atoms with Crippen LogP contribution in [-0.2, 0) is 0 Å². The number of fused-ring (bicyclic) bond motifs is 1. The van der Waals surface area contributed by atoms with E-state index in [1.54, 1.807) is 6.20 Å². The van der Waals surface area contributed by atoms with Crippen molar-refractivity contribution >= 4 is 11.2 Å². The van der Waals surface area contributed by atoms with Crippen molar-refractivity contribution in [1.29, 1.82) is 0 Å². The topological polar surface area (TPSA) is 62.7 Å². The first-order chi connectivity index (χ1) is 8.86. The molecule has 2 aromatic heterocycles. The van der Waals surface area contributed by atoms with Crippen molar-refractivity contribution in [3.05, 3.63) is 28.8 Å². The summed E-state index contributed by atoms with van der Waals surface area (Å²) in [5.41, 5.74) is 1.56. The van der Waals surface area contributed by atoms with E-state index >= 15 is 0 Å². The van der Waals surface area contributed by atoms with Crippen LogP contribution in [0.5, 0.6) is 0 Å². The minimum Gasteiger partial charge on any atom is -0.317 e. The van der Waals surface area contributed by atoms with Gasteiger partial charge in [-0.3, -0.25) is 9.55 Å². The molecule has 0 radical (unpaired) electrons. The summed E-state index contributed by atoms with van der Waals surface area (Å²) >= 11 is 0. The van der Waals surface area contributed by atoms with Gasteiger partial charge in [0.05, 0.1) is 5.52 Å². The van der Waals surface area contributed by atoms with Crippen LogP contribution in [0, 0.1) is 0 Å². The summed E-state index contributed by atoms with van der Waals surface area (Å²) in [6.45, 7) is 5.95. The van der Waals surface area contributed by atoms with E-state index < -0.39 is 0 Å². The molecule has 3 rings (SSSR count). The lowest BCUT2D eigenvalue weighted by molar-refractivity contribution is 0.368. The Balaban J connectivity index is 0.000000574. The molecule has 1 fully saturated rings. The van der Waals surface area contributed by atoms with E-state index in [-0.39, 0.29) is 5.69 Å². The fourth-order valence-electron chi connectivity index (χ4n) is 2.39. The number of H-pyrrole nitrogens is 1. The molecule has 0 amide bonds. The molecule has 98 valence electrons. The number of imidazole rings is 1. The molecule has 3 heterocycles. The zero-order valence-electron chi connectivity index (χ0n) is 10.9. The highest BCUT2D eigenvalue weighted by Crippen LogP contribution is 2.20. The van der Waals surface area contributed by atoms with Gasteiger partial charge in [-0.2, -0.15) is 0 Å². The summed E-state index contributed by atoms with van der Waals surface area (Å²) < 4.78 is 1.85. The maximum atomic E-state index is 11.9. The quantitative estimate of drug-likeness (QED) is 0.807. The Morgan fingerprint density at radius 1 is 1.33 bits per heavy atom. The molecule has 1 aliphatic rings. The Kier molecular flexibility index (Phi) is 4.15. The third-order valence-electron chi connectivity index (χ3n) is 3.16. The Hall–Kier alpha value is -1.62. The molecule has 1 aliphatic heterocycles. The number of aromatic amines is 1. The fraction of sp³-hybridized carbons (Fsp3) is 0.538. The van der Waals surface area contributed by atoms with Gasteiger partial charge in [0.25, 0.3) is 0 Å². The van der Waals surface area contributed by atoms with E-state index in [1.165, 1.54) is 0 Å². The van der Waals surface area contributed by atoms with Crippen molar-refractivity contribution < 1.29 is 0 Å². The van der Waals surface area contributed by atoms with Crippen LogP contribution >= 0.6 is 0 Å². The summed E-state index contributed by atoms with van der Waals surface area (Å²) in [6.07, 6.45) is 3.70. The molecule has 0 saturated carbocycles. The van der Waals surface area contributed by atoms with Crippen LogP contribution in [0.2, 0.25) is 0 Å². The fourth-order valence-corrected chi connectivity index (χ4v) is 2.39. The average Bonchev–Trinajstić information content (AvgIpc) is 2.78. The van der Waals surface area contributed by atoms with Gasteiger partial charge in [-0.15, -0.1) is 0 Å². The van der Waals surface area contributed by atoms with Crippen molar-refractivity contribution in [2.75, 3.05) is 13.1 Å². The van der Waals surface area contributed by atoms with E-state index in [0.717, 1.165) is 31.4 Å². The molecule has 0 atom stereocenters. The molecule has 5 heteroatoms. The molecule has 5 nitrogen and oxygen atoms in total. The summed E-state index contributed by atoms with van der Waals surface area (Å²) in [4.78, 5) is 18.9. The number of rotatable bonds is 1. The highest BCUT2D eigenvalue weighted by Gasteiger charge is 2.19. The van der Waals surface area contributed by atoms with Crippen LogP contribution in [0.25, 0.3) is 11.2 Å². The van der Waals surface area contributed by atoms with Gasteiger partial charge < -0.3 is 5.32 Å². The van der Waals surface area contributed by atoms with Crippen LogP contribution < -0.4 is 11.0 Å². The highest BCUT2D eigenvalue weighted by molar-refractivity contribution is 5.70. The van der Waals surface area contributed by atoms with E-state index in [1.807, 2.05) is 30.5 Å². The van der Waals surface area contributed by atoms with Gasteiger partial charge >= 0.3 is 5.69 Å². The third-order valence-corrected chi connectivity index (χ3v) is 3.16. The largest absolute Gasteiger partial charge is 0.327 e. The van der Waals surface area contributed by atoms with Gasteiger partial charge in [0.2, 0.25) is 0 Å². The molecule has 2 aromatic rings. The standard InChI is InChI=1S/C11H14N4O.C2H6/c16-11-14-10-9(2-1-5-13-10)15(11)8-3-6-12-7-4-8;1-2/h1-2,5,8,12H,3-4,6-7H2,(H,13,14,16);1-2H3. The van der Waals surface area contributed by atoms with E-state index in [4.69, 9.17) is 0 Å². The van der Waals surface area contributed by atoms with Crippen LogP contribution in [-0.4, -0.2) is 27.6 Å². The lowest BCUT2D eigenvalue weighted by atomic mass is 10.1. The van der Waals surface area contributed by atoms with E-state index in [2.05, 4.69) is 15.3 Å². The Bertz CT molecular complexity index is 551. The number of hydrogen-bond acceptors (Lipinski definition) is 3. The zero-order chi connectivity index (χ0) is 13.0. The van der Waals surface area contributed by atoms with Crippen molar-refractivity contribution in [3.63, 3.8) is 0 Å². The van der Waals surface area contributed by atoms with Crippen LogP contribution in [0.15, 0.2) is 23.1 Å². The molecule has 18 heavy (non-hydrogen) atoms. The van der Waals surface area contributed by atoms with Gasteiger partial charge in [0.15, 0.2) is 5.65 Å². The van der Waals surface area contributed by atoms with Crippen molar-refractivity contribution in [2.45, 2.75) is 32.7 Å². The molecule has 0 bridgehead atoms. The van der Waals surface area contributed by atoms with Gasteiger partial charge in [0, 0.05) is 12.2 Å². The van der Waals surface area contributed by atoms with Gasteiger partial charge in [-0.1, -0.05) is 13.8 Å². The molecule has 1 saturated heterocycles. The second-order valence-electron chi connectivity index (χ2n) is 4.15. The van der Waals surface area contributed by atoms with Crippen LogP contribution in [0.1, 0.15) is 32.7 Å². The summed E-state index contributed by atoms with van der Waals surface area (Å²) in [7, 11) is 0. The molecular weight excluding hydrogens is 228 g/mol. The maximum absolute atomic E-state index is 11.9. The van der Waals surface area contributed by atoms with Crippen LogP contribution in [0.4, 0.5) is 0 Å². The zero-order valence-corrected chi connectivity index (χ0v) is 10.9. The first-order valence-corrected chi connectivity index (χ1v) is 6.62. The predicted octanol–water partition coefficient (Wildman–Crippen LogP) is 1.68. The monoisotopic (exact) mass is 248 g/mol. The Labute approximate surface area is 106 Å². The number of hydrogen-bond donors (Lipinski definition) is 2. The number of pyridine rings is 1. The number of nitrogens with one attached hydrogen (secondary N) is 2. The first kappa shape index (κ1) is 12.8. The van der Waals surface area contributed by atoms with Crippen molar-refractivity contribution in [3.8, 4) is 0 Å². The number of piperidine rings is 1. The highest BCUT2D eigenvalue weighted by atomic mass is 16.1. The normalized spacial score (nSPS) is 16.3. The second kappa shape index (κ2) is 5.82.